The summed E-state index contributed by atoms with van der Waals surface area (Å²) in [5.41, 5.74) is 4.41. The van der Waals surface area contributed by atoms with Crippen molar-refractivity contribution >= 4 is 16.8 Å². The molecule has 0 unspecified atom stereocenters. The van der Waals surface area contributed by atoms with E-state index < -0.39 is 0 Å². The molecule has 0 spiro atoms. The van der Waals surface area contributed by atoms with Crippen molar-refractivity contribution < 1.29 is 9.90 Å². The topological polar surface area (TPSA) is 80.0 Å². The van der Waals surface area contributed by atoms with Gasteiger partial charge < -0.3 is 10.4 Å². The van der Waals surface area contributed by atoms with Crippen molar-refractivity contribution in [1.29, 1.82) is 0 Å². The quantitative estimate of drug-likeness (QED) is 0.749. The van der Waals surface area contributed by atoms with Crippen LogP contribution in [0.15, 0.2) is 36.5 Å². The number of pyridine rings is 1. The molecule has 2 aromatic heterocycles. The van der Waals surface area contributed by atoms with E-state index in [1.807, 2.05) is 17.8 Å². The van der Waals surface area contributed by atoms with Crippen molar-refractivity contribution in [2.75, 3.05) is 0 Å². The van der Waals surface area contributed by atoms with Gasteiger partial charge in [-0.2, -0.15) is 5.10 Å². The number of aliphatic hydroxyl groups excluding tert-OH is 1. The fourth-order valence-electron chi connectivity index (χ4n) is 3.74. The molecular weight excluding hydrogens is 340 g/mol. The average molecular weight is 364 g/mol. The Morgan fingerprint density at radius 2 is 1.96 bits per heavy atom. The number of aryl methyl sites for hydroxylation is 2. The van der Waals surface area contributed by atoms with Gasteiger partial charge in [0, 0.05) is 30.2 Å². The number of aromatic nitrogens is 3. The molecule has 1 fully saturated rings. The molecule has 1 aromatic carbocycles. The second kappa shape index (κ2) is 7.12. The molecule has 0 aliphatic heterocycles. The zero-order valence-electron chi connectivity index (χ0n) is 15.6. The molecule has 0 bridgehead atoms. The van der Waals surface area contributed by atoms with E-state index in [1.54, 1.807) is 12.3 Å². The van der Waals surface area contributed by atoms with Crippen LogP contribution in [0.3, 0.4) is 0 Å². The number of carbonyl (C=O) groups excluding carboxylic acids is 1. The van der Waals surface area contributed by atoms with E-state index >= 15 is 0 Å². The van der Waals surface area contributed by atoms with Crippen molar-refractivity contribution in [3.8, 4) is 11.3 Å². The maximum absolute atomic E-state index is 12.4. The predicted octanol–water partition coefficient (Wildman–Crippen LogP) is 2.98. The lowest BCUT2D eigenvalue weighted by molar-refractivity contribution is 0.0863. The monoisotopic (exact) mass is 364 g/mol. The maximum Gasteiger partial charge on any atom is 0.270 e. The molecule has 2 N–H and O–H groups in total. The van der Waals surface area contributed by atoms with Gasteiger partial charge in [0.1, 0.15) is 11.4 Å². The van der Waals surface area contributed by atoms with Crippen molar-refractivity contribution in [3.05, 3.63) is 47.8 Å². The minimum Gasteiger partial charge on any atom is -0.393 e. The summed E-state index contributed by atoms with van der Waals surface area (Å²) < 4.78 is 1.86. The minimum absolute atomic E-state index is 0.116. The van der Waals surface area contributed by atoms with Gasteiger partial charge in [-0.1, -0.05) is 11.6 Å². The van der Waals surface area contributed by atoms with Crippen LogP contribution in [0.25, 0.3) is 22.2 Å². The second-order valence-electron chi connectivity index (χ2n) is 7.40. The van der Waals surface area contributed by atoms with E-state index in [0.29, 0.717) is 5.69 Å². The van der Waals surface area contributed by atoms with Crippen molar-refractivity contribution in [3.63, 3.8) is 0 Å². The number of rotatable bonds is 3. The lowest BCUT2D eigenvalue weighted by atomic mass is 9.93. The van der Waals surface area contributed by atoms with Crippen molar-refractivity contribution in [2.24, 2.45) is 7.05 Å². The van der Waals surface area contributed by atoms with Crippen LogP contribution < -0.4 is 5.32 Å². The number of benzene rings is 1. The van der Waals surface area contributed by atoms with E-state index in [9.17, 15) is 9.90 Å². The number of hydrogen-bond acceptors (Lipinski definition) is 4. The molecule has 1 saturated carbocycles. The van der Waals surface area contributed by atoms with E-state index in [4.69, 9.17) is 0 Å². The smallest absolute Gasteiger partial charge is 0.270 e. The fraction of sp³-hybridized carbons (Fsp3) is 0.381. The van der Waals surface area contributed by atoms with Gasteiger partial charge in [-0.25, -0.2) is 0 Å². The summed E-state index contributed by atoms with van der Waals surface area (Å²) in [6, 6.07) is 10.0. The highest BCUT2D eigenvalue weighted by molar-refractivity contribution is 5.95. The van der Waals surface area contributed by atoms with E-state index in [-0.39, 0.29) is 18.1 Å². The summed E-state index contributed by atoms with van der Waals surface area (Å²) in [4.78, 5) is 16.8. The highest BCUT2D eigenvalue weighted by Gasteiger charge is 2.22. The predicted molar refractivity (Wildman–Crippen MR) is 104 cm³/mol. The first-order valence-corrected chi connectivity index (χ1v) is 9.40. The molecule has 2 heterocycles. The third-order valence-electron chi connectivity index (χ3n) is 5.31. The second-order valence-corrected chi connectivity index (χ2v) is 7.40. The Bertz CT molecular complexity index is 970. The first kappa shape index (κ1) is 17.7. The molecule has 1 aliphatic carbocycles. The van der Waals surface area contributed by atoms with Gasteiger partial charge in [0.05, 0.1) is 11.6 Å². The Labute approximate surface area is 158 Å². The van der Waals surface area contributed by atoms with E-state index in [1.165, 1.54) is 5.56 Å². The highest BCUT2D eigenvalue weighted by Crippen LogP contribution is 2.28. The molecule has 0 saturated heterocycles. The summed E-state index contributed by atoms with van der Waals surface area (Å²) in [6.07, 6.45) is 4.58. The van der Waals surface area contributed by atoms with Crippen LogP contribution in [0.2, 0.25) is 0 Å². The van der Waals surface area contributed by atoms with Gasteiger partial charge >= 0.3 is 0 Å². The number of fused-ring (bicyclic) bond motifs is 1. The molecule has 27 heavy (non-hydrogen) atoms. The number of aliphatic hydroxyl groups is 1. The molecule has 6 nitrogen and oxygen atoms in total. The third-order valence-corrected chi connectivity index (χ3v) is 5.31. The van der Waals surface area contributed by atoms with Gasteiger partial charge in [0.15, 0.2) is 0 Å². The fourth-order valence-corrected chi connectivity index (χ4v) is 3.74. The van der Waals surface area contributed by atoms with Crippen LogP contribution in [0.5, 0.6) is 0 Å². The van der Waals surface area contributed by atoms with Crippen LogP contribution >= 0.6 is 0 Å². The third kappa shape index (κ3) is 3.57. The number of amides is 1. The van der Waals surface area contributed by atoms with Gasteiger partial charge in [0.2, 0.25) is 0 Å². The summed E-state index contributed by atoms with van der Waals surface area (Å²) in [7, 11) is 1.93. The standard InChI is InChI=1S/C21H24N4O2/c1-13-3-10-19-17(11-13)20(24-25(19)2)14-4-9-18(22-12-14)21(27)23-15-5-7-16(26)8-6-15/h3-4,9-12,15-16,26H,5-8H2,1-2H3,(H,23,27). The molecule has 140 valence electrons. The van der Waals surface area contributed by atoms with Crippen LogP contribution in [0, 0.1) is 6.92 Å². The Hall–Kier alpha value is -2.73. The highest BCUT2D eigenvalue weighted by atomic mass is 16.3. The molecule has 0 radical (unpaired) electrons. The zero-order valence-corrected chi connectivity index (χ0v) is 15.6. The molecule has 0 atom stereocenters. The first-order valence-electron chi connectivity index (χ1n) is 9.40. The average Bonchev–Trinajstić information content (AvgIpc) is 2.99. The summed E-state index contributed by atoms with van der Waals surface area (Å²) in [6.45, 7) is 2.06. The molecule has 1 amide bonds. The number of nitrogens with one attached hydrogen (secondary N) is 1. The first-order chi connectivity index (χ1) is 13.0. The van der Waals surface area contributed by atoms with Crippen LogP contribution in [-0.4, -0.2) is 37.9 Å². The van der Waals surface area contributed by atoms with Gasteiger partial charge in [0.25, 0.3) is 5.91 Å². The molecular formula is C21H24N4O2. The van der Waals surface area contributed by atoms with Crippen LogP contribution in [0.1, 0.15) is 41.7 Å². The Morgan fingerprint density at radius 3 is 2.67 bits per heavy atom. The van der Waals surface area contributed by atoms with Gasteiger partial charge in [-0.15, -0.1) is 0 Å². The maximum atomic E-state index is 12.4. The lowest BCUT2D eigenvalue weighted by Gasteiger charge is -2.26. The lowest BCUT2D eigenvalue weighted by Crippen LogP contribution is -2.38. The molecule has 4 rings (SSSR count). The molecule has 6 heteroatoms. The van der Waals surface area contributed by atoms with Gasteiger partial charge in [-0.3, -0.25) is 14.5 Å². The summed E-state index contributed by atoms with van der Waals surface area (Å²) in [5, 5.41) is 18.3. The Morgan fingerprint density at radius 1 is 1.19 bits per heavy atom. The Kier molecular flexibility index (Phi) is 4.66. The van der Waals surface area contributed by atoms with Crippen molar-refractivity contribution in [2.45, 2.75) is 44.8 Å². The van der Waals surface area contributed by atoms with Crippen molar-refractivity contribution in [1.82, 2.24) is 20.1 Å². The SMILES string of the molecule is Cc1ccc2c(c1)c(-c1ccc(C(=O)NC3CCC(O)CC3)nc1)nn2C. The molecule has 1 aliphatic rings. The van der Waals surface area contributed by atoms with E-state index in [2.05, 4.69) is 40.5 Å². The molecule has 3 aromatic rings. The largest absolute Gasteiger partial charge is 0.393 e. The Balaban J connectivity index is 1.54. The zero-order chi connectivity index (χ0) is 19.0. The number of hydrogen-bond donors (Lipinski definition) is 2. The minimum atomic E-state index is -0.229. The van der Waals surface area contributed by atoms with Crippen LogP contribution in [-0.2, 0) is 7.05 Å². The van der Waals surface area contributed by atoms with E-state index in [0.717, 1.165) is 47.8 Å². The van der Waals surface area contributed by atoms with Gasteiger partial charge in [-0.05, 0) is 56.9 Å². The summed E-state index contributed by atoms with van der Waals surface area (Å²) in [5.74, 6) is -0.162. The normalized spacial score (nSPS) is 20.0. The summed E-state index contributed by atoms with van der Waals surface area (Å²) >= 11 is 0. The van der Waals surface area contributed by atoms with Crippen LogP contribution in [0.4, 0.5) is 0 Å². The number of nitrogens with zero attached hydrogens (tertiary/aromatic N) is 3. The number of carbonyl (C=O) groups is 1.